The van der Waals surface area contributed by atoms with Crippen molar-refractivity contribution >= 4 is 21.8 Å². The van der Waals surface area contributed by atoms with Gasteiger partial charge in [0.2, 0.25) is 5.91 Å². The molecule has 116 valence electrons. The molecule has 1 saturated carbocycles. The van der Waals surface area contributed by atoms with Gasteiger partial charge in [-0.05, 0) is 36.5 Å². The summed E-state index contributed by atoms with van der Waals surface area (Å²) in [4.78, 5) is 14.7. The summed E-state index contributed by atoms with van der Waals surface area (Å²) in [7, 11) is 5.08. The van der Waals surface area contributed by atoms with Crippen molar-refractivity contribution in [2.24, 2.45) is 5.92 Å². The van der Waals surface area contributed by atoms with Crippen molar-refractivity contribution in [2.45, 2.75) is 24.1 Å². The lowest BCUT2D eigenvalue weighted by molar-refractivity contribution is -0.130. The van der Waals surface area contributed by atoms with Crippen molar-refractivity contribution in [1.82, 2.24) is 4.90 Å². The molecule has 0 atom stereocenters. The minimum absolute atomic E-state index is 0.139. The molecule has 0 heterocycles. The number of nitrogens with zero attached hydrogens (tertiary/aromatic N) is 1. The van der Waals surface area contributed by atoms with Crippen molar-refractivity contribution in [1.29, 1.82) is 0 Å². The molecule has 1 aliphatic carbocycles. The predicted molar refractivity (Wildman–Crippen MR) is 86.3 cm³/mol. The second-order valence-corrected chi connectivity index (χ2v) is 6.87. The molecule has 1 aliphatic rings. The van der Waals surface area contributed by atoms with E-state index in [0.29, 0.717) is 28.7 Å². The topological polar surface area (TPSA) is 38.8 Å². The molecule has 0 aromatic heterocycles. The first-order chi connectivity index (χ1) is 10.0. The quantitative estimate of drug-likeness (QED) is 0.736. The number of likely N-dealkylation sites (N-methyl/N-ethyl adjacent to an activating group) is 1. The molecular formula is C16H22BrNO3. The van der Waals surface area contributed by atoms with E-state index in [0.717, 1.165) is 24.9 Å². The number of halogens is 1. The molecule has 0 bridgehead atoms. The summed E-state index contributed by atoms with van der Waals surface area (Å²) in [5, 5.41) is 0. The van der Waals surface area contributed by atoms with Crippen LogP contribution in [0, 0.1) is 5.92 Å². The lowest BCUT2D eigenvalue weighted by Crippen LogP contribution is -2.38. The largest absolute Gasteiger partial charge is 0.493 e. The molecule has 0 saturated heterocycles. The van der Waals surface area contributed by atoms with Crippen LogP contribution in [-0.4, -0.2) is 43.4 Å². The fourth-order valence-corrected chi connectivity index (χ4v) is 3.65. The highest BCUT2D eigenvalue weighted by Crippen LogP contribution is 2.33. The lowest BCUT2D eigenvalue weighted by atomic mass is 9.85. The highest BCUT2D eigenvalue weighted by molar-refractivity contribution is 9.09. The third-order valence-electron chi connectivity index (χ3n) is 3.94. The zero-order valence-electron chi connectivity index (χ0n) is 12.8. The average Bonchev–Trinajstić information content (AvgIpc) is 2.45. The zero-order valence-corrected chi connectivity index (χ0v) is 14.4. The molecule has 5 heteroatoms. The fraction of sp³-hybridized carbons (Fsp3) is 0.562. The second kappa shape index (κ2) is 7.16. The van der Waals surface area contributed by atoms with Gasteiger partial charge < -0.3 is 14.4 Å². The van der Waals surface area contributed by atoms with Crippen LogP contribution in [0.15, 0.2) is 18.2 Å². The first-order valence-electron chi connectivity index (χ1n) is 7.12. The van der Waals surface area contributed by atoms with Gasteiger partial charge >= 0.3 is 0 Å². The van der Waals surface area contributed by atoms with Gasteiger partial charge in [-0.2, -0.15) is 0 Å². The maximum atomic E-state index is 12.3. The summed E-state index contributed by atoms with van der Waals surface area (Å²) in [5.41, 5.74) is 0.941. The maximum Gasteiger partial charge on any atom is 0.226 e. The Morgan fingerprint density at radius 2 is 1.95 bits per heavy atom. The standard InChI is InChI=1S/C16H22BrNO3/c1-18(10-12-6-13(17)7-12)16(19)9-11-4-5-14(20-2)15(8-11)21-3/h4-5,8,12-13H,6-7,9-10H2,1-3H3. The van der Waals surface area contributed by atoms with Crippen molar-refractivity contribution < 1.29 is 14.3 Å². The summed E-state index contributed by atoms with van der Waals surface area (Å²) in [6.45, 7) is 0.841. The van der Waals surface area contributed by atoms with E-state index in [1.54, 1.807) is 14.2 Å². The van der Waals surface area contributed by atoms with Gasteiger partial charge in [-0.15, -0.1) is 0 Å². The van der Waals surface area contributed by atoms with Crippen LogP contribution in [0.25, 0.3) is 0 Å². The number of alkyl halides is 1. The van der Waals surface area contributed by atoms with Gasteiger partial charge in [-0.1, -0.05) is 22.0 Å². The SMILES string of the molecule is COc1ccc(CC(=O)N(C)CC2CC(Br)C2)cc1OC. The number of hydrogen-bond donors (Lipinski definition) is 0. The van der Waals surface area contributed by atoms with Crippen LogP contribution in [0.2, 0.25) is 0 Å². The van der Waals surface area contributed by atoms with E-state index >= 15 is 0 Å². The second-order valence-electron chi connectivity index (χ2n) is 5.58. The van der Waals surface area contributed by atoms with E-state index < -0.39 is 0 Å². The first-order valence-corrected chi connectivity index (χ1v) is 8.04. The van der Waals surface area contributed by atoms with Crippen LogP contribution >= 0.6 is 15.9 Å². The third-order valence-corrected chi connectivity index (χ3v) is 4.69. The Kier molecular flexibility index (Phi) is 5.51. The molecule has 0 N–H and O–H groups in total. The normalized spacial score (nSPS) is 20.6. The molecule has 2 rings (SSSR count). The summed E-state index contributed by atoms with van der Waals surface area (Å²) in [5.74, 6) is 2.11. The number of hydrogen-bond acceptors (Lipinski definition) is 3. The van der Waals surface area contributed by atoms with E-state index in [1.165, 1.54) is 0 Å². The number of benzene rings is 1. The molecular weight excluding hydrogens is 334 g/mol. The van der Waals surface area contributed by atoms with Gasteiger partial charge in [-0.3, -0.25) is 4.79 Å². The monoisotopic (exact) mass is 355 g/mol. The predicted octanol–water partition coefficient (Wildman–Crippen LogP) is 2.88. The van der Waals surface area contributed by atoms with Gasteiger partial charge in [0.05, 0.1) is 20.6 Å². The van der Waals surface area contributed by atoms with E-state index in [-0.39, 0.29) is 5.91 Å². The lowest BCUT2D eigenvalue weighted by Gasteiger charge is -2.34. The van der Waals surface area contributed by atoms with Crippen LogP contribution in [0.4, 0.5) is 0 Å². The maximum absolute atomic E-state index is 12.3. The van der Waals surface area contributed by atoms with Crippen LogP contribution in [0.1, 0.15) is 18.4 Å². The van der Waals surface area contributed by atoms with E-state index in [1.807, 2.05) is 30.1 Å². The molecule has 1 fully saturated rings. The first kappa shape index (κ1) is 16.1. The van der Waals surface area contributed by atoms with Crippen LogP contribution < -0.4 is 9.47 Å². The average molecular weight is 356 g/mol. The summed E-state index contributed by atoms with van der Waals surface area (Å²) in [6.07, 6.45) is 2.71. The zero-order chi connectivity index (χ0) is 15.4. The third kappa shape index (κ3) is 4.13. The Labute approximate surface area is 134 Å². The Morgan fingerprint density at radius 3 is 2.52 bits per heavy atom. The van der Waals surface area contributed by atoms with Crippen LogP contribution in [0.3, 0.4) is 0 Å². The summed E-state index contributed by atoms with van der Waals surface area (Å²) < 4.78 is 10.5. The minimum Gasteiger partial charge on any atom is -0.493 e. The summed E-state index contributed by atoms with van der Waals surface area (Å²) in [6, 6.07) is 5.61. The van der Waals surface area contributed by atoms with Gasteiger partial charge in [0.15, 0.2) is 11.5 Å². The van der Waals surface area contributed by atoms with Crippen molar-refractivity contribution in [2.75, 3.05) is 27.8 Å². The van der Waals surface area contributed by atoms with Crippen LogP contribution in [0.5, 0.6) is 11.5 Å². The molecule has 21 heavy (non-hydrogen) atoms. The number of rotatable bonds is 6. The number of amides is 1. The Morgan fingerprint density at radius 1 is 1.29 bits per heavy atom. The van der Waals surface area contributed by atoms with E-state index in [4.69, 9.17) is 9.47 Å². The molecule has 1 aromatic rings. The number of carbonyl (C=O) groups excluding carboxylic acids is 1. The highest BCUT2D eigenvalue weighted by atomic mass is 79.9. The molecule has 1 amide bonds. The fourth-order valence-electron chi connectivity index (χ4n) is 2.59. The number of carbonyl (C=O) groups is 1. The molecule has 0 aliphatic heterocycles. The summed E-state index contributed by atoms with van der Waals surface area (Å²) >= 11 is 3.58. The molecule has 1 aromatic carbocycles. The minimum atomic E-state index is 0.139. The van der Waals surface area contributed by atoms with E-state index in [2.05, 4.69) is 15.9 Å². The van der Waals surface area contributed by atoms with Crippen LogP contribution in [-0.2, 0) is 11.2 Å². The van der Waals surface area contributed by atoms with Crippen molar-refractivity contribution in [3.8, 4) is 11.5 Å². The highest BCUT2D eigenvalue weighted by Gasteiger charge is 2.28. The Balaban J connectivity index is 1.92. The molecule has 0 radical (unpaired) electrons. The van der Waals surface area contributed by atoms with E-state index in [9.17, 15) is 4.79 Å². The Bertz CT molecular complexity index is 500. The van der Waals surface area contributed by atoms with Gasteiger partial charge in [0.1, 0.15) is 0 Å². The number of methoxy groups -OCH3 is 2. The molecule has 0 spiro atoms. The smallest absolute Gasteiger partial charge is 0.226 e. The molecule has 0 unspecified atom stereocenters. The molecule has 4 nitrogen and oxygen atoms in total. The van der Waals surface area contributed by atoms with Gasteiger partial charge in [-0.25, -0.2) is 0 Å². The number of ether oxygens (including phenoxy) is 2. The van der Waals surface area contributed by atoms with Crippen molar-refractivity contribution in [3.63, 3.8) is 0 Å². The van der Waals surface area contributed by atoms with Gasteiger partial charge in [0, 0.05) is 18.4 Å². The van der Waals surface area contributed by atoms with Crippen molar-refractivity contribution in [3.05, 3.63) is 23.8 Å². The van der Waals surface area contributed by atoms with Gasteiger partial charge in [0.25, 0.3) is 0 Å². The Hall–Kier alpha value is -1.23.